The average Bonchev–Trinajstić information content (AvgIpc) is 2.27. The summed E-state index contributed by atoms with van der Waals surface area (Å²) in [5.74, 6) is 0.760. The van der Waals surface area contributed by atoms with Crippen molar-refractivity contribution in [2.24, 2.45) is 0 Å². The molecular formula is C13H19BrF3N3. The van der Waals surface area contributed by atoms with Crippen molar-refractivity contribution in [2.75, 3.05) is 11.9 Å². The topological polar surface area (TPSA) is 37.8 Å². The number of hydrogen-bond acceptors (Lipinski definition) is 3. The molecule has 0 fully saturated rings. The number of anilines is 1. The second kappa shape index (κ2) is 6.28. The quantitative estimate of drug-likeness (QED) is 0.867. The van der Waals surface area contributed by atoms with E-state index in [1.165, 1.54) is 0 Å². The number of rotatable bonds is 4. The number of alkyl halides is 3. The molecule has 0 aromatic carbocycles. The molecule has 1 N–H and O–H groups in total. The van der Waals surface area contributed by atoms with Gasteiger partial charge in [0.05, 0.1) is 16.6 Å². The molecule has 0 aliphatic rings. The van der Waals surface area contributed by atoms with Crippen molar-refractivity contribution in [3.05, 3.63) is 16.0 Å². The maximum Gasteiger partial charge on any atom is 0.389 e. The molecule has 1 aromatic rings. The van der Waals surface area contributed by atoms with E-state index < -0.39 is 12.6 Å². The predicted octanol–water partition coefficient (Wildman–Crippen LogP) is 4.46. The molecule has 0 radical (unpaired) electrons. The first kappa shape index (κ1) is 17.2. The maximum absolute atomic E-state index is 12.3. The summed E-state index contributed by atoms with van der Waals surface area (Å²) >= 11 is 3.43. The molecule has 0 aliphatic carbocycles. The van der Waals surface area contributed by atoms with Crippen molar-refractivity contribution in [3.8, 4) is 0 Å². The summed E-state index contributed by atoms with van der Waals surface area (Å²) in [6, 6.07) is 0. The summed E-state index contributed by atoms with van der Waals surface area (Å²) in [7, 11) is 0. The highest BCUT2D eigenvalue weighted by Crippen LogP contribution is 2.33. The van der Waals surface area contributed by atoms with Gasteiger partial charge in [0.25, 0.3) is 0 Å². The van der Waals surface area contributed by atoms with Gasteiger partial charge in [-0.25, -0.2) is 9.97 Å². The Morgan fingerprint density at radius 2 is 1.75 bits per heavy atom. The molecule has 1 rings (SSSR count). The molecule has 1 aromatic heterocycles. The lowest BCUT2D eigenvalue weighted by atomic mass is 9.91. The number of aryl methyl sites for hydroxylation is 1. The van der Waals surface area contributed by atoms with Crippen LogP contribution in [0.5, 0.6) is 0 Å². The van der Waals surface area contributed by atoms with Crippen LogP contribution in [-0.4, -0.2) is 22.7 Å². The van der Waals surface area contributed by atoms with Gasteiger partial charge in [-0.2, -0.15) is 13.2 Å². The third kappa shape index (κ3) is 4.92. The SMILES string of the molecule is CCNc1nc(CCC(F)(F)F)nc(C(C)(C)C)c1Br. The Kier molecular flexibility index (Phi) is 5.40. The Labute approximate surface area is 125 Å². The largest absolute Gasteiger partial charge is 0.389 e. The van der Waals surface area contributed by atoms with Crippen molar-refractivity contribution in [2.45, 2.75) is 52.1 Å². The van der Waals surface area contributed by atoms with Crippen LogP contribution in [0.25, 0.3) is 0 Å². The van der Waals surface area contributed by atoms with Gasteiger partial charge in [0.1, 0.15) is 11.6 Å². The Hall–Kier alpha value is -0.850. The van der Waals surface area contributed by atoms with Crippen LogP contribution in [-0.2, 0) is 11.8 Å². The van der Waals surface area contributed by atoms with E-state index in [9.17, 15) is 13.2 Å². The minimum atomic E-state index is -4.20. The Bertz CT molecular complexity index is 467. The highest BCUT2D eigenvalue weighted by molar-refractivity contribution is 9.10. The smallest absolute Gasteiger partial charge is 0.369 e. The van der Waals surface area contributed by atoms with E-state index in [0.29, 0.717) is 22.5 Å². The van der Waals surface area contributed by atoms with Gasteiger partial charge in [-0.3, -0.25) is 0 Å². The predicted molar refractivity (Wildman–Crippen MR) is 77.0 cm³/mol. The highest BCUT2D eigenvalue weighted by atomic mass is 79.9. The van der Waals surface area contributed by atoms with E-state index in [-0.39, 0.29) is 17.7 Å². The Morgan fingerprint density at radius 1 is 1.15 bits per heavy atom. The second-order valence-electron chi connectivity index (χ2n) is 5.55. The summed E-state index contributed by atoms with van der Waals surface area (Å²) in [6.45, 7) is 8.43. The molecule has 114 valence electrons. The lowest BCUT2D eigenvalue weighted by molar-refractivity contribution is -0.134. The second-order valence-corrected chi connectivity index (χ2v) is 6.34. The summed E-state index contributed by atoms with van der Waals surface area (Å²) in [6.07, 6.45) is -5.32. The Morgan fingerprint density at radius 3 is 2.20 bits per heavy atom. The normalized spacial score (nSPS) is 12.6. The van der Waals surface area contributed by atoms with Crippen molar-refractivity contribution in [1.29, 1.82) is 0 Å². The molecule has 20 heavy (non-hydrogen) atoms. The first-order valence-electron chi connectivity index (χ1n) is 6.42. The number of hydrogen-bond donors (Lipinski definition) is 1. The molecular weight excluding hydrogens is 335 g/mol. The van der Waals surface area contributed by atoms with E-state index >= 15 is 0 Å². The van der Waals surface area contributed by atoms with Crippen LogP contribution >= 0.6 is 15.9 Å². The third-order valence-electron chi connectivity index (χ3n) is 2.58. The highest BCUT2D eigenvalue weighted by Gasteiger charge is 2.28. The van der Waals surface area contributed by atoms with Gasteiger partial charge in [-0.1, -0.05) is 20.8 Å². The monoisotopic (exact) mass is 353 g/mol. The fourth-order valence-electron chi connectivity index (χ4n) is 1.64. The van der Waals surface area contributed by atoms with Crippen molar-refractivity contribution >= 4 is 21.7 Å². The summed E-state index contributed by atoms with van der Waals surface area (Å²) in [5, 5.41) is 3.05. The van der Waals surface area contributed by atoms with E-state index in [4.69, 9.17) is 0 Å². The number of nitrogens with zero attached hydrogens (tertiary/aromatic N) is 2. The van der Waals surface area contributed by atoms with E-state index in [0.717, 1.165) is 0 Å². The van der Waals surface area contributed by atoms with Crippen LogP contribution in [0.4, 0.5) is 19.0 Å². The van der Waals surface area contributed by atoms with Crippen LogP contribution in [0.3, 0.4) is 0 Å². The van der Waals surface area contributed by atoms with Crippen LogP contribution in [0.1, 0.15) is 45.6 Å². The molecule has 0 bridgehead atoms. The fourth-order valence-corrected chi connectivity index (χ4v) is 2.55. The van der Waals surface area contributed by atoms with Gasteiger partial charge < -0.3 is 5.32 Å². The number of aromatic nitrogens is 2. The first-order chi connectivity index (χ1) is 9.04. The summed E-state index contributed by atoms with van der Waals surface area (Å²) < 4.78 is 37.7. The zero-order chi connectivity index (χ0) is 15.6. The maximum atomic E-state index is 12.3. The zero-order valence-corrected chi connectivity index (χ0v) is 13.6. The molecule has 0 saturated carbocycles. The van der Waals surface area contributed by atoms with Gasteiger partial charge in [0.15, 0.2) is 0 Å². The molecule has 0 aliphatic heterocycles. The van der Waals surface area contributed by atoms with E-state index in [1.807, 2.05) is 27.7 Å². The molecule has 0 spiro atoms. The minimum Gasteiger partial charge on any atom is -0.369 e. The van der Waals surface area contributed by atoms with Gasteiger partial charge in [-0.05, 0) is 22.9 Å². The minimum absolute atomic E-state index is 0.210. The lowest BCUT2D eigenvalue weighted by Gasteiger charge is -2.22. The molecule has 3 nitrogen and oxygen atoms in total. The molecule has 0 unspecified atom stereocenters. The van der Waals surface area contributed by atoms with Crippen molar-refractivity contribution in [1.82, 2.24) is 9.97 Å². The first-order valence-corrected chi connectivity index (χ1v) is 7.21. The molecule has 0 saturated heterocycles. The van der Waals surface area contributed by atoms with Crippen LogP contribution in [0.2, 0.25) is 0 Å². The van der Waals surface area contributed by atoms with Crippen molar-refractivity contribution < 1.29 is 13.2 Å². The molecule has 7 heteroatoms. The van der Waals surface area contributed by atoms with Gasteiger partial charge in [0.2, 0.25) is 0 Å². The summed E-state index contributed by atoms with van der Waals surface area (Å²) in [5.41, 5.74) is 0.430. The molecule has 1 heterocycles. The summed E-state index contributed by atoms with van der Waals surface area (Å²) in [4.78, 5) is 8.46. The standard InChI is InChI=1S/C13H19BrF3N3/c1-5-18-11-9(14)10(12(2,3)4)19-8(20-11)6-7-13(15,16)17/h5-7H2,1-4H3,(H,18,19,20). The average molecular weight is 354 g/mol. The van der Waals surface area contributed by atoms with Crippen molar-refractivity contribution in [3.63, 3.8) is 0 Å². The lowest BCUT2D eigenvalue weighted by Crippen LogP contribution is -2.19. The number of nitrogens with one attached hydrogen (secondary N) is 1. The number of halogens is 4. The third-order valence-corrected chi connectivity index (χ3v) is 3.34. The van der Waals surface area contributed by atoms with Gasteiger partial charge in [0, 0.05) is 18.4 Å². The van der Waals surface area contributed by atoms with Gasteiger partial charge in [-0.15, -0.1) is 0 Å². The van der Waals surface area contributed by atoms with E-state index in [1.54, 1.807) is 0 Å². The Balaban J connectivity index is 3.16. The van der Waals surface area contributed by atoms with Crippen LogP contribution < -0.4 is 5.32 Å². The van der Waals surface area contributed by atoms with Crippen LogP contribution in [0.15, 0.2) is 4.47 Å². The van der Waals surface area contributed by atoms with E-state index in [2.05, 4.69) is 31.2 Å². The zero-order valence-electron chi connectivity index (χ0n) is 12.0. The van der Waals surface area contributed by atoms with Crippen LogP contribution in [0, 0.1) is 0 Å². The molecule has 0 atom stereocenters. The fraction of sp³-hybridized carbons (Fsp3) is 0.692. The van der Waals surface area contributed by atoms with Gasteiger partial charge >= 0.3 is 6.18 Å². The molecule has 0 amide bonds.